The number of hydrogen-bond donors (Lipinski definition) is 0. The molecule has 19 heavy (non-hydrogen) atoms. The van der Waals surface area contributed by atoms with E-state index in [2.05, 4.69) is 21.9 Å². The number of rotatable bonds is 11. The maximum absolute atomic E-state index is 10.2. The molecule has 1 atom stereocenters. The van der Waals surface area contributed by atoms with Crippen LogP contribution in [0, 0.1) is 5.92 Å². The smallest absolute Gasteiger partial charge is 0.211 e. The summed E-state index contributed by atoms with van der Waals surface area (Å²) in [7, 11) is 0. The predicted molar refractivity (Wildman–Crippen MR) is 69.9 cm³/mol. The van der Waals surface area contributed by atoms with Crippen LogP contribution in [0.5, 0.6) is 0 Å². The Morgan fingerprint density at radius 2 is 1.58 bits per heavy atom. The van der Waals surface area contributed by atoms with Crippen molar-refractivity contribution in [3.63, 3.8) is 0 Å². The van der Waals surface area contributed by atoms with Crippen molar-refractivity contribution < 1.29 is 14.4 Å². The predicted octanol–water partition coefficient (Wildman–Crippen LogP) is 2.30. The second-order valence-electron chi connectivity index (χ2n) is 4.27. The molecule has 0 aromatic carbocycles. The van der Waals surface area contributed by atoms with Crippen LogP contribution in [0.2, 0.25) is 0 Å². The molecule has 1 unspecified atom stereocenters. The van der Waals surface area contributed by atoms with E-state index in [0.29, 0.717) is 18.9 Å². The summed E-state index contributed by atoms with van der Waals surface area (Å²) in [4.78, 5) is 40.7. The van der Waals surface area contributed by atoms with E-state index in [1.165, 1.54) is 18.2 Å². The number of isocyanates is 3. The van der Waals surface area contributed by atoms with Crippen LogP contribution in [-0.2, 0) is 14.4 Å². The minimum atomic E-state index is -0.664. The fourth-order valence-electron chi connectivity index (χ4n) is 2.01. The zero-order valence-electron chi connectivity index (χ0n) is 11.2. The van der Waals surface area contributed by atoms with Gasteiger partial charge in [-0.05, 0) is 31.6 Å². The first kappa shape index (κ1) is 17.1. The van der Waals surface area contributed by atoms with Crippen molar-refractivity contribution in [2.24, 2.45) is 20.9 Å². The van der Waals surface area contributed by atoms with Crippen molar-refractivity contribution in [1.82, 2.24) is 0 Å². The molecule has 6 heteroatoms. The minimum absolute atomic E-state index is 0.457. The highest BCUT2D eigenvalue weighted by molar-refractivity contribution is 5.36. The van der Waals surface area contributed by atoms with E-state index in [4.69, 9.17) is 0 Å². The van der Waals surface area contributed by atoms with Crippen LogP contribution in [-0.4, -0.2) is 31.0 Å². The Kier molecular flexibility index (Phi) is 11.4. The molecule has 0 aliphatic carbocycles. The third kappa shape index (κ3) is 9.81. The van der Waals surface area contributed by atoms with Gasteiger partial charge in [0.2, 0.25) is 18.2 Å². The quantitative estimate of drug-likeness (QED) is 0.326. The highest BCUT2D eigenvalue weighted by Crippen LogP contribution is 2.21. The Balaban J connectivity index is 4.19. The summed E-state index contributed by atoms with van der Waals surface area (Å²) in [5.74, 6) is 0.457. The van der Waals surface area contributed by atoms with Gasteiger partial charge in [-0.1, -0.05) is 19.8 Å². The van der Waals surface area contributed by atoms with Crippen molar-refractivity contribution in [2.75, 3.05) is 6.54 Å². The van der Waals surface area contributed by atoms with Gasteiger partial charge in [0.15, 0.2) is 6.17 Å². The number of carbonyl (C=O) groups excluding carboxylic acids is 3. The molecule has 0 aromatic rings. The van der Waals surface area contributed by atoms with Crippen LogP contribution >= 0.6 is 0 Å². The van der Waals surface area contributed by atoms with Gasteiger partial charge in [-0.2, -0.15) is 9.98 Å². The normalized spacial score (nSPS) is 12.5. The van der Waals surface area contributed by atoms with Crippen molar-refractivity contribution >= 4 is 18.2 Å². The Hall–Kier alpha value is -1.86. The fourth-order valence-corrected chi connectivity index (χ4v) is 2.01. The van der Waals surface area contributed by atoms with E-state index in [0.717, 1.165) is 32.1 Å². The molecular formula is C13H19N3O3. The summed E-state index contributed by atoms with van der Waals surface area (Å²) in [5.41, 5.74) is 0. The lowest BCUT2D eigenvalue weighted by atomic mass is 9.92. The molecule has 0 saturated carbocycles. The van der Waals surface area contributed by atoms with Gasteiger partial charge in [-0.15, -0.1) is 0 Å². The van der Waals surface area contributed by atoms with E-state index in [1.807, 2.05) is 0 Å². The zero-order valence-corrected chi connectivity index (χ0v) is 11.2. The van der Waals surface area contributed by atoms with Gasteiger partial charge in [0.25, 0.3) is 0 Å². The van der Waals surface area contributed by atoms with Gasteiger partial charge in [-0.25, -0.2) is 19.4 Å². The first-order valence-corrected chi connectivity index (χ1v) is 6.46. The first-order chi connectivity index (χ1) is 9.28. The molecule has 0 heterocycles. The van der Waals surface area contributed by atoms with Crippen LogP contribution in [0.4, 0.5) is 0 Å². The molecule has 0 bridgehead atoms. The Morgan fingerprint density at radius 1 is 0.895 bits per heavy atom. The lowest BCUT2D eigenvalue weighted by molar-refractivity contribution is 0.381. The van der Waals surface area contributed by atoms with Crippen LogP contribution in [0.15, 0.2) is 15.0 Å². The topological polar surface area (TPSA) is 88.3 Å². The Labute approximate surface area is 112 Å². The molecule has 0 amide bonds. The molecular weight excluding hydrogens is 246 g/mol. The highest BCUT2D eigenvalue weighted by atomic mass is 16.1. The van der Waals surface area contributed by atoms with E-state index >= 15 is 0 Å². The second-order valence-corrected chi connectivity index (χ2v) is 4.27. The second kappa shape index (κ2) is 12.6. The molecule has 0 fully saturated rings. The van der Waals surface area contributed by atoms with Gasteiger partial charge in [0.1, 0.15) is 0 Å². The van der Waals surface area contributed by atoms with Crippen molar-refractivity contribution in [2.45, 2.75) is 51.6 Å². The molecule has 0 rings (SSSR count). The van der Waals surface area contributed by atoms with Gasteiger partial charge in [0, 0.05) is 0 Å². The Morgan fingerprint density at radius 3 is 2.11 bits per heavy atom. The largest absolute Gasteiger partial charge is 0.237 e. The van der Waals surface area contributed by atoms with Gasteiger partial charge >= 0.3 is 0 Å². The average molecular weight is 265 g/mol. The van der Waals surface area contributed by atoms with Gasteiger partial charge < -0.3 is 0 Å². The van der Waals surface area contributed by atoms with E-state index in [9.17, 15) is 14.4 Å². The first-order valence-electron chi connectivity index (χ1n) is 6.46. The van der Waals surface area contributed by atoms with Crippen molar-refractivity contribution in [3.8, 4) is 0 Å². The molecule has 0 aliphatic rings. The lowest BCUT2D eigenvalue weighted by Gasteiger charge is -2.15. The highest BCUT2D eigenvalue weighted by Gasteiger charge is 2.12. The summed E-state index contributed by atoms with van der Waals surface area (Å²) < 4.78 is 0. The standard InChI is InChI=1S/C13H19N3O3/c1-2-4-12(5-3-8-14-9-17)6-7-13(15-10-18)16-11-19/h12-13H,2-8H2,1H3. The summed E-state index contributed by atoms with van der Waals surface area (Å²) in [5, 5.41) is 0. The summed E-state index contributed by atoms with van der Waals surface area (Å²) in [6.07, 6.45) is 8.91. The molecule has 0 spiro atoms. The number of aliphatic imine (C=N–C) groups is 3. The minimum Gasteiger partial charge on any atom is -0.211 e. The van der Waals surface area contributed by atoms with Gasteiger partial charge in [0.05, 0.1) is 6.54 Å². The molecule has 0 radical (unpaired) electrons. The monoisotopic (exact) mass is 265 g/mol. The van der Waals surface area contributed by atoms with Crippen LogP contribution in [0.3, 0.4) is 0 Å². The van der Waals surface area contributed by atoms with E-state index in [1.54, 1.807) is 0 Å². The molecule has 104 valence electrons. The Bertz CT molecular complexity index is 361. The van der Waals surface area contributed by atoms with Crippen LogP contribution in [0.1, 0.15) is 45.4 Å². The maximum atomic E-state index is 10.2. The summed E-state index contributed by atoms with van der Waals surface area (Å²) >= 11 is 0. The van der Waals surface area contributed by atoms with E-state index in [-0.39, 0.29) is 0 Å². The van der Waals surface area contributed by atoms with Crippen molar-refractivity contribution in [1.29, 1.82) is 0 Å². The number of hydrogen-bond acceptors (Lipinski definition) is 6. The summed E-state index contributed by atoms with van der Waals surface area (Å²) in [6.45, 7) is 2.59. The maximum Gasteiger partial charge on any atom is 0.237 e. The summed E-state index contributed by atoms with van der Waals surface area (Å²) in [6, 6.07) is 0. The third-order valence-corrected chi connectivity index (χ3v) is 2.88. The molecule has 0 N–H and O–H groups in total. The molecule has 0 aromatic heterocycles. The van der Waals surface area contributed by atoms with Crippen molar-refractivity contribution in [3.05, 3.63) is 0 Å². The van der Waals surface area contributed by atoms with Crippen LogP contribution in [0.25, 0.3) is 0 Å². The SMILES string of the molecule is CCCC(CCCN=C=O)CCC(N=C=O)N=C=O. The fraction of sp³-hybridized carbons (Fsp3) is 0.769. The lowest BCUT2D eigenvalue weighted by Crippen LogP contribution is -2.07. The average Bonchev–Trinajstić information content (AvgIpc) is 2.41. The third-order valence-electron chi connectivity index (χ3n) is 2.88. The van der Waals surface area contributed by atoms with E-state index < -0.39 is 6.17 Å². The van der Waals surface area contributed by atoms with Gasteiger partial charge in [-0.3, -0.25) is 0 Å². The zero-order chi connectivity index (χ0) is 14.3. The van der Waals surface area contributed by atoms with Crippen LogP contribution < -0.4 is 0 Å². The molecule has 6 nitrogen and oxygen atoms in total. The molecule has 0 saturated heterocycles. The number of nitrogens with zero attached hydrogens (tertiary/aromatic N) is 3. The molecule has 0 aliphatic heterocycles.